The van der Waals surface area contributed by atoms with Crippen LogP contribution in [0.5, 0.6) is 0 Å². The molecule has 0 aromatic carbocycles. The van der Waals surface area contributed by atoms with Gasteiger partial charge in [0.25, 0.3) is 0 Å². The van der Waals surface area contributed by atoms with E-state index in [1.807, 2.05) is 0 Å². The number of aromatic nitrogens is 1. The number of pyridine rings is 1. The zero-order chi connectivity index (χ0) is 13.1. The molecule has 1 aromatic rings. The minimum atomic E-state index is -0.463. The molecular weight excluding hydrogens is 252 g/mol. The summed E-state index contributed by atoms with van der Waals surface area (Å²) in [6.45, 7) is 0.567. The van der Waals surface area contributed by atoms with Gasteiger partial charge in [-0.2, -0.15) is 12.6 Å². The highest BCUT2D eigenvalue weighted by atomic mass is 32.1. The van der Waals surface area contributed by atoms with Crippen LogP contribution >= 0.6 is 12.6 Å². The summed E-state index contributed by atoms with van der Waals surface area (Å²) >= 11 is 4.21. The third-order valence-corrected chi connectivity index (χ3v) is 3.48. The van der Waals surface area contributed by atoms with Crippen LogP contribution in [0.3, 0.4) is 0 Å². The Morgan fingerprint density at radius 2 is 2.44 bits per heavy atom. The second-order valence-electron chi connectivity index (χ2n) is 4.14. The lowest BCUT2D eigenvalue weighted by molar-refractivity contribution is -0.117. The smallest absolute Gasteiger partial charge is 0.340 e. The molecule has 0 radical (unpaired) electrons. The molecule has 1 atom stereocenters. The van der Waals surface area contributed by atoms with Crippen molar-refractivity contribution < 1.29 is 14.3 Å². The molecule has 0 aliphatic carbocycles. The Balaban J connectivity index is 2.34. The Kier molecular flexibility index (Phi) is 3.86. The first kappa shape index (κ1) is 12.9. The molecule has 2 heterocycles. The summed E-state index contributed by atoms with van der Waals surface area (Å²) in [5.41, 5.74) is 0.874. The van der Waals surface area contributed by atoms with Crippen LogP contribution in [0, 0.1) is 5.92 Å². The zero-order valence-corrected chi connectivity index (χ0v) is 10.9. The third-order valence-electron chi connectivity index (χ3n) is 2.96. The Morgan fingerprint density at radius 3 is 3.06 bits per heavy atom. The second kappa shape index (κ2) is 5.39. The molecule has 1 saturated heterocycles. The van der Waals surface area contributed by atoms with Gasteiger partial charge in [-0.05, 0) is 17.7 Å². The lowest BCUT2D eigenvalue weighted by Gasteiger charge is -2.18. The fourth-order valence-corrected chi connectivity index (χ4v) is 2.27. The first-order valence-corrected chi connectivity index (χ1v) is 6.24. The number of nitrogens with zero attached hydrogens (tertiary/aromatic N) is 2. The molecule has 1 amide bonds. The third kappa shape index (κ3) is 2.33. The fourth-order valence-electron chi connectivity index (χ4n) is 2.02. The molecule has 5 nitrogen and oxygen atoms in total. The van der Waals surface area contributed by atoms with Crippen LogP contribution in [-0.4, -0.2) is 36.3 Å². The van der Waals surface area contributed by atoms with Crippen LogP contribution in [0.25, 0.3) is 0 Å². The molecule has 1 unspecified atom stereocenters. The molecule has 0 spiro atoms. The van der Waals surface area contributed by atoms with Crippen molar-refractivity contribution in [2.24, 2.45) is 5.92 Å². The Hall–Kier alpha value is -1.56. The van der Waals surface area contributed by atoms with Crippen LogP contribution in [0.4, 0.5) is 5.69 Å². The van der Waals surface area contributed by atoms with E-state index in [1.54, 1.807) is 11.0 Å². The van der Waals surface area contributed by atoms with Gasteiger partial charge in [-0.25, -0.2) is 4.79 Å². The molecule has 0 saturated carbocycles. The van der Waals surface area contributed by atoms with Gasteiger partial charge in [0.05, 0.1) is 24.6 Å². The predicted molar refractivity (Wildman–Crippen MR) is 69.9 cm³/mol. The Labute approximate surface area is 111 Å². The first-order chi connectivity index (χ1) is 8.67. The number of amides is 1. The van der Waals surface area contributed by atoms with Gasteiger partial charge >= 0.3 is 5.97 Å². The number of carbonyl (C=O) groups excluding carboxylic acids is 2. The predicted octanol–water partition coefficient (Wildman–Crippen LogP) is 1.15. The van der Waals surface area contributed by atoms with Gasteiger partial charge < -0.3 is 9.64 Å². The van der Waals surface area contributed by atoms with Gasteiger partial charge in [0.15, 0.2) is 0 Å². The standard InChI is InChI=1S/C12H14N2O3S/c1-17-12(16)9-2-3-13-5-10(9)14-6-8(7-18)4-11(14)15/h2-3,5,8,18H,4,6-7H2,1H3. The molecule has 0 N–H and O–H groups in total. The summed E-state index contributed by atoms with van der Waals surface area (Å²) in [6.07, 6.45) is 3.48. The maximum absolute atomic E-state index is 11.9. The number of hydrogen-bond donors (Lipinski definition) is 1. The summed E-state index contributed by atoms with van der Waals surface area (Å²) in [7, 11) is 1.31. The fraction of sp³-hybridized carbons (Fsp3) is 0.417. The molecule has 2 rings (SSSR count). The van der Waals surface area contributed by atoms with E-state index in [9.17, 15) is 9.59 Å². The molecule has 1 aliphatic heterocycles. The number of rotatable bonds is 3. The molecule has 1 aromatic heterocycles. The number of anilines is 1. The van der Waals surface area contributed by atoms with Crippen molar-refractivity contribution in [2.75, 3.05) is 24.3 Å². The lowest BCUT2D eigenvalue weighted by atomic mass is 10.1. The number of carbonyl (C=O) groups is 2. The van der Waals surface area contributed by atoms with Gasteiger partial charge in [0, 0.05) is 19.2 Å². The molecule has 0 bridgehead atoms. The second-order valence-corrected chi connectivity index (χ2v) is 4.51. The number of thiol groups is 1. The summed E-state index contributed by atoms with van der Waals surface area (Å²) in [4.78, 5) is 29.1. The highest BCUT2D eigenvalue weighted by Crippen LogP contribution is 2.28. The molecule has 18 heavy (non-hydrogen) atoms. The van der Waals surface area contributed by atoms with Crippen molar-refractivity contribution in [3.8, 4) is 0 Å². The van der Waals surface area contributed by atoms with Gasteiger partial charge in [-0.3, -0.25) is 9.78 Å². The number of ether oxygens (including phenoxy) is 1. The maximum atomic E-state index is 11.9. The number of methoxy groups -OCH3 is 1. The summed E-state index contributed by atoms with van der Waals surface area (Å²) in [6, 6.07) is 1.56. The average Bonchev–Trinajstić information content (AvgIpc) is 2.79. The van der Waals surface area contributed by atoms with Crippen molar-refractivity contribution in [1.29, 1.82) is 0 Å². The topological polar surface area (TPSA) is 59.5 Å². The van der Waals surface area contributed by atoms with E-state index in [2.05, 4.69) is 17.6 Å². The van der Waals surface area contributed by atoms with E-state index in [-0.39, 0.29) is 11.8 Å². The molecule has 6 heteroatoms. The molecular formula is C12H14N2O3S. The van der Waals surface area contributed by atoms with Crippen molar-refractivity contribution in [3.05, 3.63) is 24.0 Å². The van der Waals surface area contributed by atoms with E-state index in [1.165, 1.54) is 19.5 Å². The summed E-state index contributed by atoms with van der Waals surface area (Å²) in [5.74, 6) is 0.393. The maximum Gasteiger partial charge on any atom is 0.340 e. The van der Waals surface area contributed by atoms with Gasteiger partial charge in [-0.15, -0.1) is 0 Å². The average molecular weight is 266 g/mol. The molecule has 1 aliphatic rings. The minimum Gasteiger partial charge on any atom is -0.465 e. The lowest BCUT2D eigenvalue weighted by Crippen LogP contribution is -2.27. The first-order valence-electron chi connectivity index (χ1n) is 5.61. The van der Waals surface area contributed by atoms with Crippen LogP contribution in [0.1, 0.15) is 16.8 Å². The Morgan fingerprint density at radius 1 is 1.67 bits per heavy atom. The summed E-state index contributed by atoms with van der Waals surface area (Å²) < 4.78 is 4.71. The van der Waals surface area contributed by atoms with Crippen LogP contribution < -0.4 is 4.90 Å². The SMILES string of the molecule is COC(=O)c1ccncc1N1CC(CS)CC1=O. The normalized spacial score (nSPS) is 19.1. The van der Waals surface area contributed by atoms with Crippen molar-refractivity contribution in [2.45, 2.75) is 6.42 Å². The summed E-state index contributed by atoms with van der Waals surface area (Å²) in [5, 5.41) is 0. The van der Waals surface area contributed by atoms with E-state index >= 15 is 0 Å². The Bertz CT molecular complexity index is 478. The van der Waals surface area contributed by atoms with E-state index in [0.717, 1.165) is 0 Å². The molecule has 96 valence electrons. The number of esters is 1. The highest BCUT2D eigenvalue weighted by molar-refractivity contribution is 7.80. The van der Waals surface area contributed by atoms with Crippen LogP contribution in [0.2, 0.25) is 0 Å². The van der Waals surface area contributed by atoms with Crippen LogP contribution in [0.15, 0.2) is 18.5 Å². The van der Waals surface area contributed by atoms with Crippen molar-refractivity contribution in [3.63, 3.8) is 0 Å². The van der Waals surface area contributed by atoms with Gasteiger partial charge in [0.1, 0.15) is 0 Å². The zero-order valence-electron chi connectivity index (χ0n) is 10.00. The van der Waals surface area contributed by atoms with E-state index < -0.39 is 5.97 Å². The van der Waals surface area contributed by atoms with Crippen LogP contribution in [-0.2, 0) is 9.53 Å². The largest absolute Gasteiger partial charge is 0.465 e. The highest BCUT2D eigenvalue weighted by Gasteiger charge is 2.32. The monoisotopic (exact) mass is 266 g/mol. The van der Waals surface area contributed by atoms with Gasteiger partial charge in [-0.1, -0.05) is 0 Å². The quantitative estimate of drug-likeness (QED) is 0.658. The van der Waals surface area contributed by atoms with E-state index in [0.29, 0.717) is 30.0 Å². The van der Waals surface area contributed by atoms with Crippen molar-refractivity contribution in [1.82, 2.24) is 4.98 Å². The van der Waals surface area contributed by atoms with Gasteiger partial charge in [0.2, 0.25) is 5.91 Å². The molecule has 1 fully saturated rings. The minimum absolute atomic E-state index is 0.00722. The number of hydrogen-bond acceptors (Lipinski definition) is 5. The van der Waals surface area contributed by atoms with Crippen molar-refractivity contribution >= 4 is 30.2 Å². The van der Waals surface area contributed by atoms with E-state index in [4.69, 9.17) is 4.74 Å².